The van der Waals surface area contributed by atoms with Crippen LogP contribution in [0, 0.1) is 11.7 Å². The summed E-state index contributed by atoms with van der Waals surface area (Å²) in [6.07, 6.45) is 0. The van der Waals surface area contributed by atoms with Crippen LogP contribution in [0.2, 0.25) is 0 Å². The number of benzene rings is 1. The van der Waals surface area contributed by atoms with Crippen molar-refractivity contribution in [2.75, 3.05) is 7.11 Å². The van der Waals surface area contributed by atoms with Crippen LogP contribution in [-0.2, 0) is 6.54 Å². The molecule has 98 valence electrons. The van der Waals surface area contributed by atoms with Gasteiger partial charge in [-0.1, -0.05) is 5.16 Å². The van der Waals surface area contributed by atoms with Gasteiger partial charge in [-0.15, -0.1) is 0 Å². The SMILES string of the molecule is COc1ccc2[nH]c(=S)n(Cc3cc(C)no3)c2c1. The van der Waals surface area contributed by atoms with Gasteiger partial charge in [-0.25, -0.2) is 0 Å². The summed E-state index contributed by atoms with van der Waals surface area (Å²) in [5.41, 5.74) is 2.82. The van der Waals surface area contributed by atoms with Crippen molar-refractivity contribution in [3.05, 3.63) is 40.5 Å². The summed E-state index contributed by atoms with van der Waals surface area (Å²) in [6, 6.07) is 7.70. The zero-order chi connectivity index (χ0) is 13.4. The number of nitrogens with zero attached hydrogens (tertiary/aromatic N) is 2. The second-order valence-corrected chi connectivity index (χ2v) is 4.72. The van der Waals surface area contributed by atoms with Crippen molar-refractivity contribution in [1.82, 2.24) is 14.7 Å². The first-order valence-electron chi connectivity index (χ1n) is 5.86. The molecular weight excluding hydrogens is 262 g/mol. The Balaban J connectivity index is 2.11. The standard InChI is InChI=1S/C13H13N3O2S/c1-8-5-10(18-15-8)7-16-12-6-9(17-2)3-4-11(12)14-13(16)19/h3-6H,7H2,1-2H3,(H,14,19). The van der Waals surface area contributed by atoms with Gasteiger partial charge >= 0.3 is 0 Å². The predicted molar refractivity (Wildman–Crippen MR) is 74.0 cm³/mol. The smallest absolute Gasteiger partial charge is 0.178 e. The van der Waals surface area contributed by atoms with Gasteiger partial charge in [-0.05, 0) is 31.3 Å². The molecule has 0 radical (unpaired) electrons. The molecule has 0 aliphatic rings. The van der Waals surface area contributed by atoms with Crippen molar-refractivity contribution in [3.8, 4) is 5.75 Å². The summed E-state index contributed by atoms with van der Waals surface area (Å²) in [7, 11) is 1.65. The molecule has 1 aromatic carbocycles. The fourth-order valence-corrected chi connectivity index (χ4v) is 2.34. The number of nitrogens with one attached hydrogen (secondary N) is 1. The first-order chi connectivity index (χ1) is 9.17. The van der Waals surface area contributed by atoms with Gasteiger partial charge in [0.15, 0.2) is 10.5 Å². The quantitative estimate of drug-likeness (QED) is 0.746. The molecular formula is C13H13N3O2S. The van der Waals surface area contributed by atoms with E-state index < -0.39 is 0 Å². The van der Waals surface area contributed by atoms with Gasteiger partial charge in [0.2, 0.25) is 0 Å². The molecule has 6 heteroatoms. The molecule has 3 aromatic rings. The van der Waals surface area contributed by atoms with Crippen molar-refractivity contribution in [3.63, 3.8) is 0 Å². The monoisotopic (exact) mass is 275 g/mol. The van der Waals surface area contributed by atoms with Crippen LogP contribution in [0.5, 0.6) is 5.75 Å². The third-order valence-electron chi connectivity index (χ3n) is 2.97. The highest BCUT2D eigenvalue weighted by Gasteiger charge is 2.09. The number of ether oxygens (including phenoxy) is 1. The summed E-state index contributed by atoms with van der Waals surface area (Å²) in [4.78, 5) is 3.17. The molecule has 3 rings (SSSR count). The highest BCUT2D eigenvalue weighted by atomic mass is 32.1. The van der Waals surface area contributed by atoms with E-state index in [-0.39, 0.29) is 0 Å². The summed E-state index contributed by atoms with van der Waals surface area (Å²) < 4.78 is 13.1. The zero-order valence-corrected chi connectivity index (χ0v) is 11.5. The van der Waals surface area contributed by atoms with E-state index in [1.807, 2.05) is 35.8 Å². The van der Waals surface area contributed by atoms with Crippen molar-refractivity contribution in [2.24, 2.45) is 0 Å². The van der Waals surface area contributed by atoms with E-state index in [1.54, 1.807) is 7.11 Å². The lowest BCUT2D eigenvalue weighted by molar-refractivity contribution is 0.373. The van der Waals surface area contributed by atoms with Crippen LogP contribution < -0.4 is 4.74 Å². The van der Waals surface area contributed by atoms with E-state index in [1.165, 1.54) is 0 Å². The molecule has 0 unspecified atom stereocenters. The van der Waals surface area contributed by atoms with E-state index >= 15 is 0 Å². The molecule has 0 saturated heterocycles. The van der Waals surface area contributed by atoms with E-state index in [9.17, 15) is 0 Å². The molecule has 2 heterocycles. The number of aromatic nitrogens is 3. The molecule has 0 saturated carbocycles. The molecule has 2 aromatic heterocycles. The number of rotatable bonds is 3. The van der Waals surface area contributed by atoms with Crippen LogP contribution in [0.15, 0.2) is 28.8 Å². The molecule has 0 atom stereocenters. The predicted octanol–water partition coefficient (Wildman–Crippen LogP) is 3.05. The first-order valence-corrected chi connectivity index (χ1v) is 6.27. The normalized spacial score (nSPS) is 11.1. The van der Waals surface area contributed by atoms with Gasteiger partial charge in [-0.2, -0.15) is 0 Å². The third kappa shape index (κ3) is 2.15. The average molecular weight is 275 g/mol. The van der Waals surface area contributed by atoms with Crippen LogP contribution in [-0.4, -0.2) is 21.8 Å². The summed E-state index contributed by atoms with van der Waals surface area (Å²) in [6.45, 7) is 2.44. The molecule has 0 spiro atoms. The average Bonchev–Trinajstić information content (AvgIpc) is 2.94. The number of aromatic amines is 1. The van der Waals surface area contributed by atoms with Crippen molar-refractivity contribution < 1.29 is 9.26 Å². The number of aryl methyl sites for hydroxylation is 1. The molecule has 5 nitrogen and oxygen atoms in total. The van der Waals surface area contributed by atoms with E-state index in [0.717, 1.165) is 28.2 Å². The molecule has 0 fully saturated rings. The number of methoxy groups -OCH3 is 1. The lowest BCUT2D eigenvalue weighted by Gasteiger charge is -2.03. The van der Waals surface area contributed by atoms with Gasteiger partial charge in [0, 0.05) is 12.1 Å². The van der Waals surface area contributed by atoms with Crippen LogP contribution in [0.4, 0.5) is 0 Å². The highest BCUT2D eigenvalue weighted by molar-refractivity contribution is 7.71. The number of hydrogen-bond acceptors (Lipinski definition) is 4. The maximum atomic E-state index is 5.34. The van der Waals surface area contributed by atoms with Crippen LogP contribution in [0.25, 0.3) is 11.0 Å². The molecule has 0 aliphatic carbocycles. The first kappa shape index (κ1) is 12.0. The Hall–Kier alpha value is -2.08. The van der Waals surface area contributed by atoms with Crippen LogP contribution in [0.3, 0.4) is 0 Å². The third-order valence-corrected chi connectivity index (χ3v) is 3.30. The Bertz CT molecular complexity index is 785. The van der Waals surface area contributed by atoms with Crippen LogP contribution >= 0.6 is 12.2 Å². The Morgan fingerprint density at radius 1 is 1.42 bits per heavy atom. The Morgan fingerprint density at radius 2 is 2.26 bits per heavy atom. The lowest BCUT2D eigenvalue weighted by atomic mass is 10.3. The Kier molecular flexibility index (Phi) is 2.87. The Morgan fingerprint density at radius 3 is 2.95 bits per heavy atom. The number of hydrogen-bond donors (Lipinski definition) is 1. The highest BCUT2D eigenvalue weighted by Crippen LogP contribution is 2.21. The molecule has 19 heavy (non-hydrogen) atoms. The number of imidazole rings is 1. The lowest BCUT2D eigenvalue weighted by Crippen LogP contribution is -1.98. The van der Waals surface area contributed by atoms with E-state index in [0.29, 0.717) is 11.3 Å². The fourth-order valence-electron chi connectivity index (χ4n) is 2.06. The number of fused-ring (bicyclic) bond motifs is 1. The zero-order valence-electron chi connectivity index (χ0n) is 10.6. The minimum absolute atomic E-state index is 0.548. The van der Waals surface area contributed by atoms with E-state index in [4.69, 9.17) is 21.5 Å². The minimum Gasteiger partial charge on any atom is -0.497 e. The van der Waals surface area contributed by atoms with Gasteiger partial charge in [0.25, 0.3) is 0 Å². The van der Waals surface area contributed by atoms with Gasteiger partial charge < -0.3 is 18.8 Å². The van der Waals surface area contributed by atoms with E-state index in [2.05, 4.69) is 10.1 Å². The maximum absolute atomic E-state index is 5.34. The number of H-pyrrole nitrogens is 1. The van der Waals surface area contributed by atoms with Crippen LogP contribution in [0.1, 0.15) is 11.5 Å². The Labute approximate surface area is 114 Å². The molecule has 1 N–H and O–H groups in total. The van der Waals surface area contributed by atoms with Crippen molar-refractivity contribution in [1.29, 1.82) is 0 Å². The fraction of sp³-hybridized carbons (Fsp3) is 0.231. The maximum Gasteiger partial charge on any atom is 0.178 e. The minimum atomic E-state index is 0.548. The summed E-state index contributed by atoms with van der Waals surface area (Å²) in [5.74, 6) is 1.57. The summed E-state index contributed by atoms with van der Waals surface area (Å²) >= 11 is 5.34. The van der Waals surface area contributed by atoms with Gasteiger partial charge in [0.1, 0.15) is 5.75 Å². The topological polar surface area (TPSA) is 56.0 Å². The molecule has 0 aliphatic heterocycles. The van der Waals surface area contributed by atoms with Crippen molar-refractivity contribution >= 4 is 23.3 Å². The second kappa shape index (κ2) is 4.55. The molecule has 0 amide bonds. The second-order valence-electron chi connectivity index (χ2n) is 4.33. The molecule has 0 bridgehead atoms. The van der Waals surface area contributed by atoms with Gasteiger partial charge in [0.05, 0.1) is 30.4 Å². The van der Waals surface area contributed by atoms with Crippen molar-refractivity contribution in [2.45, 2.75) is 13.5 Å². The van der Waals surface area contributed by atoms with Gasteiger partial charge in [-0.3, -0.25) is 0 Å². The summed E-state index contributed by atoms with van der Waals surface area (Å²) in [5, 5.41) is 3.88. The largest absolute Gasteiger partial charge is 0.497 e.